The van der Waals surface area contributed by atoms with E-state index in [4.69, 9.17) is 16.3 Å². The van der Waals surface area contributed by atoms with Gasteiger partial charge in [0.15, 0.2) is 5.78 Å². The van der Waals surface area contributed by atoms with Crippen molar-refractivity contribution in [2.75, 3.05) is 6.54 Å². The minimum atomic E-state index is -0.776. The highest BCUT2D eigenvalue weighted by molar-refractivity contribution is 9.12. The van der Waals surface area contributed by atoms with Gasteiger partial charge in [0.25, 0.3) is 23.4 Å². The summed E-state index contributed by atoms with van der Waals surface area (Å²) in [5, 5.41) is 12.6. The topological polar surface area (TPSA) is 144 Å². The SMILES string of the molecule is O=C(CN(C(=O)c1ccccc1Cl)N1C(=O)[C@@H]2[C@H]3C[C@@H]([C@H](Br)[C@H]3Br)[C@H]2C1=O)c1ccc(OC(=O)c2ccc([N+](=O)[O-])cc2)cc1. The Bertz CT molecular complexity index is 1720. The molecule has 6 rings (SSSR count). The van der Waals surface area contributed by atoms with E-state index in [1.807, 2.05) is 0 Å². The van der Waals surface area contributed by atoms with Crippen LogP contribution in [0.2, 0.25) is 5.02 Å². The molecule has 3 aromatic rings. The molecule has 3 fully saturated rings. The van der Waals surface area contributed by atoms with Gasteiger partial charge in [-0.25, -0.2) is 9.80 Å². The Balaban J connectivity index is 1.23. The van der Waals surface area contributed by atoms with Crippen molar-refractivity contribution in [1.29, 1.82) is 0 Å². The number of rotatable bonds is 8. The van der Waals surface area contributed by atoms with Crippen LogP contribution < -0.4 is 4.74 Å². The van der Waals surface area contributed by atoms with Crippen LogP contribution in [0.5, 0.6) is 5.75 Å². The van der Waals surface area contributed by atoms with E-state index in [1.165, 1.54) is 60.7 Å². The van der Waals surface area contributed by atoms with Crippen LogP contribution in [0.15, 0.2) is 72.8 Å². The van der Waals surface area contributed by atoms with Gasteiger partial charge in [-0.1, -0.05) is 55.6 Å². The number of ketones is 1. The largest absolute Gasteiger partial charge is 0.423 e. The number of ether oxygens (including phenoxy) is 1. The van der Waals surface area contributed by atoms with Crippen LogP contribution in [-0.4, -0.2) is 60.6 Å². The van der Waals surface area contributed by atoms with Crippen LogP contribution >= 0.6 is 43.5 Å². The van der Waals surface area contributed by atoms with E-state index in [1.54, 1.807) is 12.1 Å². The Kier molecular flexibility index (Phi) is 8.35. The molecule has 0 spiro atoms. The monoisotopic (exact) mass is 757 g/mol. The van der Waals surface area contributed by atoms with Gasteiger partial charge in [0, 0.05) is 27.4 Å². The van der Waals surface area contributed by atoms with Crippen molar-refractivity contribution in [3.8, 4) is 5.75 Å². The number of nitrogens with zero attached hydrogens (tertiary/aromatic N) is 3. The third-order valence-corrected chi connectivity index (χ3v) is 12.1. The standard InChI is InChI=1S/C31H22Br2ClN3O8/c32-26-20-13-21(27(26)33)25-24(20)29(40)36(30(25)41)35(28(39)19-3-1-2-4-22(19)34)14-23(38)15-7-11-18(12-8-15)45-31(42)16-5-9-17(10-6-16)37(43)44/h1-12,20-21,24-27H,13-14H2/t20-,21-,24-,25-,26+,27+/m1/s1. The highest BCUT2D eigenvalue weighted by Gasteiger charge is 2.67. The third-order valence-electron chi connectivity index (χ3n) is 8.54. The van der Waals surface area contributed by atoms with Crippen molar-refractivity contribution in [2.24, 2.45) is 23.7 Å². The molecule has 11 nitrogen and oxygen atoms in total. The Morgan fingerprint density at radius 3 is 2.00 bits per heavy atom. The molecule has 2 saturated carbocycles. The number of imide groups is 1. The Hall–Kier alpha value is -3.94. The van der Waals surface area contributed by atoms with Crippen molar-refractivity contribution < 1.29 is 33.6 Å². The minimum Gasteiger partial charge on any atom is -0.423 e. The molecule has 6 atom stereocenters. The van der Waals surface area contributed by atoms with Gasteiger partial charge in [-0.2, -0.15) is 5.01 Å². The van der Waals surface area contributed by atoms with Crippen LogP contribution in [0, 0.1) is 33.8 Å². The zero-order valence-electron chi connectivity index (χ0n) is 23.0. The molecule has 3 aliphatic rings. The first kappa shape index (κ1) is 31.1. The maximum absolute atomic E-state index is 13.8. The van der Waals surface area contributed by atoms with Crippen LogP contribution in [0.3, 0.4) is 0 Å². The molecular weight excluding hydrogens is 738 g/mol. The lowest BCUT2D eigenvalue weighted by Gasteiger charge is -2.31. The zero-order valence-corrected chi connectivity index (χ0v) is 27.0. The summed E-state index contributed by atoms with van der Waals surface area (Å²) in [4.78, 5) is 77.7. The van der Waals surface area contributed by atoms with Crippen LogP contribution in [-0.2, 0) is 9.59 Å². The number of nitro groups is 1. The Morgan fingerprint density at radius 1 is 0.889 bits per heavy atom. The summed E-state index contributed by atoms with van der Waals surface area (Å²) in [6.45, 7) is -0.631. The van der Waals surface area contributed by atoms with E-state index in [0.717, 1.165) is 10.0 Å². The normalized spacial score (nSPS) is 24.8. The summed E-state index contributed by atoms with van der Waals surface area (Å²) in [6, 6.07) is 16.6. The second-order valence-electron chi connectivity index (χ2n) is 11.0. The summed E-state index contributed by atoms with van der Waals surface area (Å²) in [5.41, 5.74) is 0.0643. The molecule has 1 saturated heterocycles. The molecule has 14 heteroatoms. The predicted octanol–water partition coefficient (Wildman–Crippen LogP) is 5.49. The molecule has 0 radical (unpaired) electrons. The first-order valence-electron chi connectivity index (χ1n) is 13.8. The number of hydrogen-bond acceptors (Lipinski definition) is 8. The second kappa shape index (κ2) is 12.1. The lowest BCUT2D eigenvalue weighted by atomic mass is 9.81. The molecule has 1 aliphatic heterocycles. The van der Waals surface area contributed by atoms with Gasteiger partial charge in [-0.15, -0.1) is 0 Å². The maximum atomic E-state index is 13.8. The van der Waals surface area contributed by atoms with Gasteiger partial charge >= 0.3 is 5.97 Å². The maximum Gasteiger partial charge on any atom is 0.343 e. The number of alkyl halides is 2. The summed E-state index contributed by atoms with van der Waals surface area (Å²) < 4.78 is 5.32. The lowest BCUT2D eigenvalue weighted by Crippen LogP contribution is -2.52. The minimum absolute atomic E-state index is 0.0113. The van der Waals surface area contributed by atoms with Gasteiger partial charge in [0.2, 0.25) is 0 Å². The van der Waals surface area contributed by atoms with Crippen molar-refractivity contribution in [1.82, 2.24) is 10.0 Å². The van der Waals surface area contributed by atoms with Crippen LogP contribution in [0.25, 0.3) is 0 Å². The molecule has 2 aliphatic carbocycles. The van der Waals surface area contributed by atoms with Gasteiger partial charge in [-0.05, 0) is 66.8 Å². The van der Waals surface area contributed by atoms with Gasteiger partial charge in [0.1, 0.15) is 12.3 Å². The Labute approximate surface area is 277 Å². The number of halogens is 3. The number of esters is 1. The van der Waals surface area contributed by atoms with Crippen molar-refractivity contribution in [2.45, 2.75) is 16.1 Å². The van der Waals surface area contributed by atoms with Crippen molar-refractivity contribution in [3.05, 3.63) is 105 Å². The summed E-state index contributed by atoms with van der Waals surface area (Å²) in [7, 11) is 0. The third kappa shape index (κ3) is 5.46. The van der Waals surface area contributed by atoms with Crippen molar-refractivity contribution in [3.63, 3.8) is 0 Å². The summed E-state index contributed by atoms with van der Waals surface area (Å²) in [6.07, 6.45) is 0.699. The fourth-order valence-corrected chi connectivity index (χ4v) is 8.49. The quantitative estimate of drug-likeness (QED) is 0.0559. The molecule has 1 heterocycles. The number of benzene rings is 3. The van der Waals surface area contributed by atoms with E-state index in [9.17, 15) is 34.1 Å². The number of amides is 3. The first-order valence-corrected chi connectivity index (χ1v) is 16.0. The van der Waals surface area contributed by atoms with Crippen LogP contribution in [0.4, 0.5) is 5.69 Å². The predicted molar refractivity (Wildman–Crippen MR) is 167 cm³/mol. The molecule has 3 amide bonds. The van der Waals surface area contributed by atoms with E-state index in [2.05, 4.69) is 31.9 Å². The number of non-ortho nitro benzene ring substituents is 1. The average molecular weight is 760 g/mol. The number of Topliss-reactive ketones (excluding diaryl/α,β-unsaturated/α-hetero) is 1. The van der Waals surface area contributed by atoms with Crippen LogP contribution in [0.1, 0.15) is 37.5 Å². The summed E-state index contributed by atoms with van der Waals surface area (Å²) in [5.74, 6) is -4.48. The molecule has 0 unspecified atom stereocenters. The molecule has 3 aromatic carbocycles. The van der Waals surface area contributed by atoms with Gasteiger partial charge in [-0.3, -0.25) is 29.3 Å². The molecule has 0 aromatic heterocycles. The number of fused-ring (bicyclic) bond motifs is 5. The Morgan fingerprint density at radius 2 is 1.44 bits per heavy atom. The van der Waals surface area contributed by atoms with E-state index >= 15 is 0 Å². The smallest absolute Gasteiger partial charge is 0.343 e. The van der Waals surface area contributed by atoms with E-state index in [0.29, 0.717) is 6.42 Å². The van der Waals surface area contributed by atoms with Gasteiger partial charge < -0.3 is 4.74 Å². The molecular formula is C31H22Br2ClN3O8. The van der Waals surface area contributed by atoms with E-state index in [-0.39, 0.29) is 54.6 Å². The fourth-order valence-electron chi connectivity index (χ4n) is 6.40. The molecule has 45 heavy (non-hydrogen) atoms. The van der Waals surface area contributed by atoms with Crippen molar-refractivity contribution >= 4 is 78.6 Å². The van der Waals surface area contributed by atoms with E-state index < -0.39 is 52.8 Å². The number of carbonyl (C=O) groups is 5. The molecule has 230 valence electrons. The highest BCUT2D eigenvalue weighted by atomic mass is 79.9. The number of hydrazine groups is 1. The zero-order chi connectivity index (χ0) is 32.2. The van der Waals surface area contributed by atoms with Gasteiger partial charge in [0.05, 0.1) is 32.9 Å². The summed E-state index contributed by atoms with van der Waals surface area (Å²) >= 11 is 13.6. The molecule has 2 bridgehead atoms. The lowest BCUT2D eigenvalue weighted by molar-refractivity contribution is -0.384. The average Bonchev–Trinajstić information content (AvgIpc) is 3.64. The second-order valence-corrected chi connectivity index (χ2v) is 13.5. The fraction of sp³-hybridized carbons (Fsp3) is 0.258. The number of carbonyl (C=O) groups excluding carboxylic acids is 5. The number of hydrogen-bond donors (Lipinski definition) is 0. The molecule has 0 N–H and O–H groups in total. The first-order chi connectivity index (χ1) is 21.5. The number of nitro benzene ring substituents is 1. The highest BCUT2D eigenvalue weighted by Crippen LogP contribution is 2.60.